The zero-order chi connectivity index (χ0) is 16.1. The maximum absolute atomic E-state index is 12.1. The number of hydrogen-bond donors (Lipinski definition) is 1. The molecule has 1 aliphatic carbocycles. The molecule has 0 aromatic carbocycles. The molecule has 1 aromatic rings. The molecule has 0 aliphatic heterocycles. The molecule has 4 nitrogen and oxygen atoms in total. The lowest BCUT2D eigenvalue weighted by Crippen LogP contribution is -2.36. The molecule has 1 atom stereocenters. The van der Waals surface area contributed by atoms with Gasteiger partial charge < -0.3 is 10.1 Å². The van der Waals surface area contributed by atoms with Crippen molar-refractivity contribution in [3.05, 3.63) is 21.4 Å². The second-order valence-corrected chi connectivity index (χ2v) is 7.20. The zero-order valence-electron chi connectivity index (χ0n) is 13.6. The summed E-state index contributed by atoms with van der Waals surface area (Å²) >= 11 is 1.51. The zero-order valence-corrected chi connectivity index (χ0v) is 14.4. The molecule has 1 amide bonds. The van der Waals surface area contributed by atoms with Gasteiger partial charge in [-0.2, -0.15) is 0 Å². The second kappa shape index (κ2) is 7.77. The smallest absolute Gasteiger partial charge is 0.348 e. The van der Waals surface area contributed by atoms with Crippen molar-refractivity contribution in [2.24, 2.45) is 5.92 Å². The first kappa shape index (κ1) is 17.0. The molecule has 0 saturated carbocycles. The number of ether oxygens (including phenoxy) is 1. The molecule has 0 bridgehead atoms. The Balaban J connectivity index is 1.86. The summed E-state index contributed by atoms with van der Waals surface area (Å²) in [6.45, 7) is 6.09. The number of amides is 1. The van der Waals surface area contributed by atoms with Gasteiger partial charge in [-0.1, -0.05) is 20.8 Å². The number of nitrogens with one attached hydrogen (secondary N) is 1. The SMILES string of the molecule is CCC(CC)NC(=O)COC(=O)c1cc2c(s1)CCC(C)C2. The van der Waals surface area contributed by atoms with Crippen molar-refractivity contribution in [2.75, 3.05) is 6.61 Å². The summed E-state index contributed by atoms with van der Waals surface area (Å²) < 4.78 is 5.14. The molecule has 0 saturated heterocycles. The number of carbonyl (C=O) groups is 2. The van der Waals surface area contributed by atoms with Crippen LogP contribution in [0.2, 0.25) is 0 Å². The lowest BCUT2D eigenvalue weighted by atomic mass is 9.90. The number of carbonyl (C=O) groups excluding carboxylic acids is 2. The Kier molecular flexibility index (Phi) is 6.00. The van der Waals surface area contributed by atoms with Crippen LogP contribution in [0.15, 0.2) is 6.07 Å². The third-order valence-corrected chi connectivity index (χ3v) is 5.43. The van der Waals surface area contributed by atoms with Crippen LogP contribution in [0.1, 0.15) is 60.1 Å². The molecular formula is C17H25NO3S. The first-order valence-electron chi connectivity index (χ1n) is 8.11. The maximum atomic E-state index is 12.1. The Hall–Kier alpha value is -1.36. The number of aryl methyl sites for hydroxylation is 1. The third-order valence-electron chi connectivity index (χ3n) is 4.22. The van der Waals surface area contributed by atoms with Crippen LogP contribution in [0, 0.1) is 5.92 Å². The Labute approximate surface area is 136 Å². The van der Waals surface area contributed by atoms with Gasteiger partial charge in [-0.05, 0) is 49.7 Å². The molecule has 1 N–H and O–H groups in total. The molecule has 1 unspecified atom stereocenters. The minimum Gasteiger partial charge on any atom is -0.451 e. The van der Waals surface area contributed by atoms with Crippen molar-refractivity contribution in [3.8, 4) is 0 Å². The van der Waals surface area contributed by atoms with Crippen molar-refractivity contribution < 1.29 is 14.3 Å². The highest BCUT2D eigenvalue weighted by molar-refractivity contribution is 7.14. The van der Waals surface area contributed by atoms with Gasteiger partial charge >= 0.3 is 5.97 Å². The molecule has 122 valence electrons. The molecule has 2 rings (SSSR count). The lowest BCUT2D eigenvalue weighted by molar-refractivity contribution is -0.125. The minimum atomic E-state index is -0.383. The molecule has 22 heavy (non-hydrogen) atoms. The summed E-state index contributed by atoms with van der Waals surface area (Å²) in [5.74, 6) is 0.0699. The Morgan fingerprint density at radius 1 is 1.41 bits per heavy atom. The number of fused-ring (bicyclic) bond motifs is 1. The van der Waals surface area contributed by atoms with E-state index < -0.39 is 0 Å². The molecule has 1 aromatic heterocycles. The molecule has 0 fully saturated rings. The van der Waals surface area contributed by atoms with E-state index in [-0.39, 0.29) is 24.5 Å². The van der Waals surface area contributed by atoms with E-state index in [1.54, 1.807) is 0 Å². The Bertz CT molecular complexity index is 534. The highest BCUT2D eigenvalue weighted by atomic mass is 32.1. The fourth-order valence-electron chi connectivity index (χ4n) is 2.77. The van der Waals surface area contributed by atoms with Crippen LogP contribution in [0.3, 0.4) is 0 Å². The number of thiophene rings is 1. The summed E-state index contributed by atoms with van der Waals surface area (Å²) in [4.78, 5) is 25.8. The van der Waals surface area contributed by atoms with Crippen LogP contribution in [0.5, 0.6) is 0 Å². The minimum absolute atomic E-state index is 0.154. The van der Waals surface area contributed by atoms with E-state index in [0.29, 0.717) is 10.8 Å². The number of esters is 1. The standard InChI is InChI=1S/C17H25NO3S/c1-4-13(5-2)18-16(19)10-21-17(20)15-9-12-8-11(3)6-7-14(12)22-15/h9,11,13H,4-8,10H2,1-3H3,(H,18,19). The summed E-state index contributed by atoms with van der Waals surface area (Å²) in [7, 11) is 0. The van der Waals surface area contributed by atoms with Crippen molar-refractivity contribution in [2.45, 2.75) is 58.9 Å². The van der Waals surface area contributed by atoms with E-state index in [1.165, 1.54) is 28.2 Å². The fraction of sp³-hybridized carbons (Fsp3) is 0.647. The average Bonchev–Trinajstić information content (AvgIpc) is 2.93. The van der Waals surface area contributed by atoms with Gasteiger partial charge in [-0.25, -0.2) is 4.79 Å². The van der Waals surface area contributed by atoms with Crippen molar-refractivity contribution in [1.29, 1.82) is 0 Å². The van der Waals surface area contributed by atoms with Crippen LogP contribution in [-0.4, -0.2) is 24.5 Å². The summed E-state index contributed by atoms with van der Waals surface area (Å²) in [6.07, 6.45) is 5.02. The normalized spacial score (nSPS) is 17.2. The van der Waals surface area contributed by atoms with Gasteiger partial charge in [0, 0.05) is 10.9 Å². The van der Waals surface area contributed by atoms with Gasteiger partial charge in [0.05, 0.1) is 0 Å². The number of rotatable bonds is 6. The first-order valence-corrected chi connectivity index (χ1v) is 8.93. The van der Waals surface area contributed by atoms with Crippen LogP contribution in [0.25, 0.3) is 0 Å². The maximum Gasteiger partial charge on any atom is 0.348 e. The molecule has 5 heteroatoms. The van der Waals surface area contributed by atoms with Gasteiger partial charge in [0.25, 0.3) is 5.91 Å². The predicted octanol–water partition coefficient (Wildman–Crippen LogP) is 3.33. The molecular weight excluding hydrogens is 298 g/mol. The molecule has 0 radical (unpaired) electrons. The van der Waals surface area contributed by atoms with E-state index in [1.807, 2.05) is 19.9 Å². The largest absolute Gasteiger partial charge is 0.451 e. The van der Waals surface area contributed by atoms with Crippen LogP contribution in [0.4, 0.5) is 0 Å². The highest BCUT2D eigenvalue weighted by Gasteiger charge is 2.21. The third kappa shape index (κ3) is 4.32. The van der Waals surface area contributed by atoms with E-state index >= 15 is 0 Å². The van der Waals surface area contributed by atoms with Crippen molar-refractivity contribution >= 4 is 23.2 Å². The van der Waals surface area contributed by atoms with Gasteiger partial charge in [-0.15, -0.1) is 11.3 Å². The van der Waals surface area contributed by atoms with Crippen LogP contribution >= 0.6 is 11.3 Å². The van der Waals surface area contributed by atoms with Gasteiger partial charge in [0.1, 0.15) is 4.88 Å². The monoisotopic (exact) mass is 323 g/mol. The average molecular weight is 323 g/mol. The van der Waals surface area contributed by atoms with E-state index in [0.717, 1.165) is 25.7 Å². The lowest BCUT2D eigenvalue weighted by Gasteiger charge is -2.16. The molecule has 1 aliphatic rings. The van der Waals surface area contributed by atoms with Crippen LogP contribution in [-0.2, 0) is 22.4 Å². The second-order valence-electron chi connectivity index (χ2n) is 6.06. The molecule has 0 spiro atoms. The highest BCUT2D eigenvalue weighted by Crippen LogP contribution is 2.32. The number of hydrogen-bond acceptors (Lipinski definition) is 4. The Morgan fingerprint density at radius 3 is 2.82 bits per heavy atom. The quantitative estimate of drug-likeness (QED) is 0.817. The van der Waals surface area contributed by atoms with E-state index in [9.17, 15) is 9.59 Å². The summed E-state index contributed by atoms with van der Waals surface area (Å²) in [5.41, 5.74) is 1.28. The first-order chi connectivity index (χ1) is 10.5. The Morgan fingerprint density at radius 2 is 2.14 bits per heavy atom. The van der Waals surface area contributed by atoms with Crippen molar-refractivity contribution in [3.63, 3.8) is 0 Å². The summed E-state index contributed by atoms with van der Waals surface area (Å²) in [5, 5.41) is 2.87. The fourth-order valence-corrected chi connectivity index (χ4v) is 3.87. The van der Waals surface area contributed by atoms with E-state index in [2.05, 4.69) is 12.2 Å². The van der Waals surface area contributed by atoms with Gasteiger partial charge in [0.2, 0.25) is 0 Å². The topological polar surface area (TPSA) is 55.4 Å². The van der Waals surface area contributed by atoms with Crippen LogP contribution < -0.4 is 5.32 Å². The predicted molar refractivity (Wildman–Crippen MR) is 88.3 cm³/mol. The van der Waals surface area contributed by atoms with E-state index in [4.69, 9.17) is 4.74 Å². The summed E-state index contributed by atoms with van der Waals surface area (Å²) in [6, 6.07) is 2.10. The molecule has 1 heterocycles. The van der Waals surface area contributed by atoms with Crippen molar-refractivity contribution in [1.82, 2.24) is 5.32 Å². The van der Waals surface area contributed by atoms with Gasteiger partial charge in [0.15, 0.2) is 6.61 Å². The van der Waals surface area contributed by atoms with Gasteiger partial charge in [-0.3, -0.25) is 4.79 Å².